The number of likely N-dealkylation sites (tertiary alicyclic amines) is 1. The standard InChI is InChI=1S/C20H31N7O/c21-9-5-16-3-4-18(23-15-16)24-19-8-14-27(20(28)25-19)11-2-1-10-26-12-6-17(22)7-13-26/h3-4,8,14-15,17H,1-2,5-7,9-13,21-22H2,(H,23,24,25,28). The fourth-order valence-electron chi connectivity index (χ4n) is 3.41. The number of hydrogen-bond acceptors (Lipinski definition) is 7. The van der Waals surface area contributed by atoms with Crippen LogP contribution in [0.5, 0.6) is 0 Å². The summed E-state index contributed by atoms with van der Waals surface area (Å²) in [6, 6.07) is 6.01. The maximum atomic E-state index is 12.3. The molecule has 1 aliphatic heterocycles. The number of pyridine rings is 1. The average Bonchev–Trinajstić information content (AvgIpc) is 2.70. The second-order valence-corrected chi connectivity index (χ2v) is 7.39. The maximum Gasteiger partial charge on any atom is 0.349 e. The van der Waals surface area contributed by atoms with Crippen molar-refractivity contribution in [2.45, 2.75) is 44.7 Å². The van der Waals surface area contributed by atoms with Crippen LogP contribution in [-0.2, 0) is 13.0 Å². The van der Waals surface area contributed by atoms with Crippen molar-refractivity contribution in [1.82, 2.24) is 19.4 Å². The summed E-state index contributed by atoms with van der Waals surface area (Å²) in [7, 11) is 0. The molecule has 3 heterocycles. The Kier molecular flexibility index (Phi) is 7.53. The van der Waals surface area contributed by atoms with Gasteiger partial charge in [-0.1, -0.05) is 6.07 Å². The van der Waals surface area contributed by atoms with Crippen molar-refractivity contribution in [2.24, 2.45) is 11.5 Å². The first kappa shape index (κ1) is 20.4. The molecule has 1 fully saturated rings. The summed E-state index contributed by atoms with van der Waals surface area (Å²) in [6.07, 6.45) is 8.58. The summed E-state index contributed by atoms with van der Waals surface area (Å²) in [5, 5.41) is 3.07. The van der Waals surface area contributed by atoms with Gasteiger partial charge in [-0.05, 0) is 76.0 Å². The van der Waals surface area contributed by atoms with E-state index in [1.807, 2.05) is 18.2 Å². The van der Waals surface area contributed by atoms with Gasteiger partial charge >= 0.3 is 5.69 Å². The molecule has 2 aromatic rings. The zero-order valence-electron chi connectivity index (χ0n) is 16.4. The van der Waals surface area contributed by atoms with Crippen LogP contribution in [0.1, 0.15) is 31.2 Å². The lowest BCUT2D eigenvalue weighted by Gasteiger charge is -2.29. The predicted molar refractivity (Wildman–Crippen MR) is 112 cm³/mol. The molecule has 0 unspecified atom stereocenters. The van der Waals surface area contributed by atoms with Crippen molar-refractivity contribution in [2.75, 3.05) is 31.5 Å². The molecule has 0 aliphatic carbocycles. The maximum absolute atomic E-state index is 12.3. The minimum atomic E-state index is -0.242. The molecule has 0 aromatic carbocycles. The van der Waals surface area contributed by atoms with Gasteiger partial charge in [0.25, 0.3) is 0 Å². The molecule has 28 heavy (non-hydrogen) atoms. The molecular weight excluding hydrogens is 354 g/mol. The van der Waals surface area contributed by atoms with Crippen molar-refractivity contribution in [3.63, 3.8) is 0 Å². The fraction of sp³-hybridized carbons (Fsp3) is 0.550. The van der Waals surface area contributed by atoms with Gasteiger partial charge in [-0.25, -0.2) is 9.78 Å². The van der Waals surface area contributed by atoms with Crippen molar-refractivity contribution in [3.05, 3.63) is 46.6 Å². The van der Waals surface area contributed by atoms with Gasteiger partial charge in [0.05, 0.1) is 0 Å². The van der Waals surface area contributed by atoms with E-state index < -0.39 is 0 Å². The van der Waals surface area contributed by atoms with Gasteiger partial charge in [-0.3, -0.25) is 4.57 Å². The molecule has 0 saturated carbocycles. The van der Waals surface area contributed by atoms with Crippen molar-refractivity contribution < 1.29 is 0 Å². The first-order valence-corrected chi connectivity index (χ1v) is 10.1. The number of nitrogens with one attached hydrogen (secondary N) is 1. The number of unbranched alkanes of at least 4 members (excludes halogenated alkanes) is 1. The first-order chi connectivity index (χ1) is 13.6. The molecule has 0 atom stereocenters. The summed E-state index contributed by atoms with van der Waals surface area (Å²) in [4.78, 5) is 23.2. The van der Waals surface area contributed by atoms with Gasteiger partial charge in [0.2, 0.25) is 0 Å². The SMILES string of the molecule is NCCc1ccc(Nc2ccn(CCCCN3CCC(N)CC3)c(=O)n2)nc1. The lowest BCUT2D eigenvalue weighted by molar-refractivity contribution is 0.208. The van der Waals surface area contributed by atoms with Crippen LogP contribution in [0.3, 0.4) is 0 Å². The van der Waals surface area contributed by atoms with Crippen LogP contribution in [0.25, 0.3) is 0 Å². The van der Waals surface area contributed by atoms with Gasteiger partial charge in [-0.2, -0.15) is 4.98 Å². The highest BCUT2D eigenvalue weighted by Crippen LogP contribution is 2.12. The molecule has 8 heteroatoms. The molecule has 5 N–H and O–H groups in total. The number of aromatic nitrogens is 3. The van der Waals surface area contributed by atoms with Gasteiger partial charge in [0, 0.05) is 25.0 Å². The van der Waals surface area contributed by atoms with Gasteiger partial charge in [0.15, 0.2) is 0 Å². The number of aryl methyl sites for hydroxylation is 1. The number of nitrogens with zero attached hydrogens (tertiary/aromatic N) is 4. The molecule has 2 aromatic heterocycles. The van der Waals surface area contributed by atoms with Crippen LogP contribution >= 0.6 is 0 Å². The predicted octanol–water partition coefficient (Wildman–Crippen LogP) is 1.09. The largest absolute Gasteiger partial charge is 0.349 e. The molecule has 0 amide bonds. The molecular formula is C20H31N7O. The van der Waals surface area contributed by atoms with Crippen LogP contribution in [-0.4, -0.2) is 51.7 Å². The Bertz CT molecular complexity index is 782. The molecule has 152 valence electrons. The third-order valence-electron chi connectivity index (χ3n) is 5.14. The summed E-state index contributed by atoms with van der Waals surface area (Å²) in [6.45, 7) is 4.53. The summed E-state index contributed by atoms with van der Waals surface area (Å²) >= 11 is 0. The third-order valence-corrected chi connectivity index (χ3v) is 5.14. The molecule has 1 aliphatic rings. The average molecular weight is 386 g/mol. The first-order valence-electron chi connectivity index (χ1n) is 10.1. The number of nitrogens with two attached hydrogens (primary N) is 2. The van der Waals surface area contributed by atoms with E-state index in [9.17, 15) is 4.79 Å². The van der Waals surface area contributed by atoms with Gasteiger partial charge < -0.3 is 21.7 Å². The second kappa shape index (κ2) is 10.3. The van der Waals surface area contributed by atoms with E-state index in [4.69, 9.17) is 11.5 Å². The van der Waals surface area contributed by atoms with Crippen LogP contribution in [0.2, 0.25) is 0 Å². The Hall–Kier alpha value is -2.29. The van der Waals surface area contributed by atoms with Gasteiger partial charge in [-0.15, -0.1) is 0 Å². The highest BCUT2D eigenvalue weighted by atomic mass is 16.1. The monoisotopic (exact) mass is 385 g/mol. The fourth-order valence-corrected chi connectivity index (χ4v) is 3.41. The van der Waals surface area contributed by atoms with Crippen molar-refractivity contribution in [3.8, 4) is 0 Å². The van der Waals surface area contributed by atoms with Gasteiger partial charge in [0.1, 0.15) is 11.6 Å². The molecule has 1 saturated heterocycles. The van der Waals surface area contributed by atoms with E-state index in [-0.39, 0.29) is 5.69 Å². The second-order valence-electron chi connectivity index (χ2n) is 7.39. The van der Waals surface area contributed by atoms with E-state index in [1.54, 1.807) is 17.0 Å². The Labute approximate surface area is 166 Å². The quantitative estimate of drug-likeness (QED) is 0.553. The Morgan fingerprint density at radius 1 is 1.11 bits per heavy atom. The Morgan fingerprint density at radius 3 is 2.57 bits per heavy atom. The number of rotatable bonds is 9. The normalized spacial score (nSPS) is 15.6. The zero-order valence-corrected chi connectivity index (χ0v) is 16.4. The lowest BCUT2D eigenvalue weighted by atomic mass is 10.1. The van der Waals surface area contributed by atoms with Crippen LogP contribution < -0.4 is 22.5 Å². The van der Waals surface area contributed by atoms with Crippen LogP contribution in [0.15, 0.2) is 35.4 Å². The summed E-state index contributed by atoms with van der Waals surface area (Å²) in [5.41, 5.74) is 12.3. The molecule has 0 radical (unpaired) electrons. The lowest BCUT2D eigenvalue weighted by Crippen LogP contribution is -2.40. The Morgan fingerprint density at radius 2 is 1.89 bits per heavy atom. The third kappa shape index (κ3) is 6.12. The number of piperidine rings is 1. The van der Waals surface area contributed by atoms with Crippen molar-refractivity contribution in [1.29, 1.82) is 0 Å². The van der Waals surface area contributed by atoms with Crippen molar-refractivity contribution >= 4 is 11.6 Å². The number of anilines is 2. The van der Waals surface area contributed by atoms with E-state index >= 15 is 0 Å². The highest BCUT2D eigenvalue weighted by molar-refractivity contribution is 5.50. The topological polar surface area (TPSA) is 115 Å². The Balaban J connectivity index is 1.45. The molecule has 3 rings (SSSR count). The van der Waals surface area contributed by atoms with E-state index in [1.165, 1.54) is 0 Å². The van der Waals surface area contributed by atoms with E-state index in [0.29, 0.717) is 30.8 Å². The highest BCUT2D eigenvalue weighted by Gasteiger charge is 2.15. The summed E-state index contributed by atoms with van der Waals surface area (Å²) < 4.78 is 1.66. The number of hydrogen-bond donors (Lipinski definition) is 3. The smallest absolute Gasteiger partial charge is 0.330 e. The molecule has 8 nitrogen and oxygen atoms in total. The van der Waals surface area contributed by atoms with E-state index in [0.717, 1.165) is 57.3 Å². The minimum Gasteiger partial charge on any atom is -0.330 e. The molecule has 0 bridgehead atoms. The molecule has 0 spiro atoms. The zero-order chi connectivity index (χ0) is 19.8. The van der Waals surface area contributed by atoms with Crippen LogP contribution in [0.4, 0.5) is 11.6 Å². The van der Waals surface area contributed by atoms with Crippen LogP contribution in [0, 0.1) is 0 Å². The van der Waals surface area contributed by atoms with E-state index in [2.05, 4.69) is 20.2 Å². The minimum absolute atomic E-state index is 0.242. The summed E-state index contributed by atoms with van der Waals surface area (Å²) in [5.74, 6) is 1.16.